The van der Waals surface area contributed by atoms with Crippen molar-refractivity contribution in [2.24, 2.45) is 0 Å². The highest BCUT2D eigenvalue weighted by Crippen LogP contribution is 2.49. The van der Waals surface area contributed by atoms with Gasteiger partial charge in [-0.1, -0.05) is 6.07 Å². The third-order valence-corrected chi connectivity index (χ3v) is 6.81. The summed E-state index contributed by atoms with van der Waals surface area (Å²) < 4.78 is 66.3. The molecule has 1 aromatic heterocycles. The first-order valence-corrected chi connectivity index (χ1v) is 13.8. The number of aromatic nitrogens is 1. The number of ketones is 1. The quantitative estimate of drug-likeness (QED) is 0.315. The van der Waals surface area contributed by atoms with Crippen LogP contribution in [0.5, 0.6) is 0 Å². The Hall–Kier alpha value is -3.60. The molecule has 0 radical (unpaired) electrons. The average Bonchev–Trinajstić information content (AvgIpc) is 2.81. The van der Waals surface area contributed by atoms with Crippen LogP contribution in [0, 0.1) is 11.3 Å². The Kier molecular flexibility index (Phi) is 8.64. The van der Waals surface area contributed by atoms with Crippen LogP contribution in [0.15, 0.2) is 52.7 Å². The lowest BCUT2D eigenvalue weighted by atomic mass is 9.86. The fraction of sp³-hybridized carbons (Fsp3) is 0.385. The normalized spacial score (nSPS) is 15.8. The fourth-order valence-corrected chi connectivity index (χ4v) is 5.06. The summed E-state index contributed by atoms with van der Waals surface area (Å²) in [5.74, 6) is -0.405. The number of hydrogen-bond acceptors (Lipinski definition) is 8. The van der Waals surface area contributed by atoms with Gasteiger partial charge in [-0.15, -0.1) is 0 Å². The molecule has 1 aliphatic carbocycles. The number of nitriles is 1. The molecule has 1 heterocycles. The number of amides is 1. The van der Waals surface area contributed by atoms with Gasteiger partial charge in [0.25, 0.3) is 0 Å². The van der Waals surface area contributed by atoms with Crippen molar-refractivity contribution < 1.29 is 36.6 Å². The molecule has 3 rings (SSSR count). The van der Waals surface area contributed by atoms with E-state index in [1.807, 2.05) is 6.07 Å². The van der Waals surface area contributed by atoms with Crippen LogP contribution < -0.4 is 10.6 Å². The molecule has 0 aliphatic heterocycles. The summed E-state index contributed by atoms with van der Waals surface area (Å²) in [6, 6.07) is 6.79. The number of pyridine rings is 1. The largest absolute Gasteiger partial charge is 0.444 e. The Bertz CT molecular complexity index is 1340. The molecular weight excluding hydrogens is 537 g/mol. The molecule has 13 heteroatoms. The summed E-state index contributed by atoms with van der Waals surface area (Å²) in [6.45, 7) is 4.91. The van der Waals surface area contributed by atoms with E-state index in [1.54, 1.807) is 20.8 Å². The number of nitrogens with one attached hydrogen (secondary N) is 2. The third-order valence-electron chi connectivity index (χ3n) is 5.62. The van der Waals surface area contributed by atoms with Crippen molar-refractivity contribution in [3.63, 3.8) is 0 Å². The first kappa shape index (κ1) is 29.9. The zero-order valence-electron chi connectivity index (χ0n) is 21.7. The Morgan fingerprint density at radius 3 is 2.46 bits per heavy atom. The summed E-state index contributed by atoms with van der Waals surface area (Å²) >= 11 is 0. The van der Waals surface area contributed by atoms with E-state index in [1.165, 1.54) is 24.3 Å². The van der Waals surface area contributed by atoms with Gasteiger partial charge >= 0.3 is 12.3 Å². The molecular formula is C26H29F3N4O5S. The summed E-state index contributed by atoms with van der Waals surface area (Å²) in [5, 5.41) is 14.9. The average molecular weight is 567 g/mol. The zero-order chi connectivity index (χ0) is 29.2. The van der Waals surface area contributed by atoms with E-state index in [0.29, 0.717) is 6.42 Å². The van der Waals surface area contributed by atoms with Gasteiger partial charge in [-0.05, 0) is 57.9 Å². The van der Waals surface area contributed by atoms with Crippen molar-refractivity contribution in [2.75, 3.05) is 11.6 Å². The van der Waals surface area contributed by atoms with E-state index in [0.717, 1.165) is 18.5 Å². The molecule has 4 N–H and O–H groups in total. The second-order valence-electron chi connectivity index (χ2n) is 10.00. The molecule has 2 aromatic rings. The maximum atomic E-state index is 13.3. The number of halogens is 3. The molecule has 9 nitrogen and oxygen atoms in total. The van der Waals surface area contributed by atoms with Crippen LogP contribution in [-0.2, 0) is 15.7 Å². The second kappa shape index (κ2) is 11.3. The SMILES string of the molecule is CC(C)(C)OC(=O)NC(C1=C(Nc2ccnc(C(F)(F)F)c2)CCCC1=O)c1ccc(C#N)cc1S(C)(O)O. The standard InChI is InChI=1S/C26H29F3N4O5S/c1-25(2,3)38-24(35)33-23(17-9-8-15(14-30)12-20(17)39(4,36)37)22-18(6-5-7-19(22)34)32-16-10-11-31-21(13-16)26(27,28)29/h8-13,23,36-37H,5-7H2,1-4H3,(H,31,32)(H,33,35). The highest BCUT2D eigenvalue weighted by Gasteiger charge is 2.35. The number of carbonyl (C=O) groups is 2. The molecule has 210 valence electrons. The topological polar surface area (TPSA) is 145 Å². The van der Waals surface area contributed by atoms with Crippen molar-refractivity contribution >= 4 is 28.2 Å². The van der Waals surface area contributed by atoms with Crippen molar-refractivity contribution in [1.29, 1.82) is 5.26 Å². The van der Waals surface area contributed by atoms with E-state index < -0.39 is 46.0 Å². The lowest BCUT2D eigenvalue weighted by Crippen LogP contribution is -2.38. The van der Waals surface area contributed by atoms with Gasteiger partial charge < -0.3 is 15.4 Å². The molecule has 1 atom stereocenters. The van der Waals surface area contributed by atoms with Crippen molar-refractivity contribution in [3.8, 4) is 6.07 Å². The molecule has 0 saturated heterocycles. The Morgan fingerprint density at radius 2 is 1.87 bits per heavy atom. The van der Waals surface area contributed by atoms with E-state index in [9.17, 15) is 37.1 Å². The maximum absolute atomic E-state index is 13.3. The number of allylic oxidation sites excluding steroid dienone is 1. The number of Topliss-reactive ketones (excluding diaryl/α,β-unsaturated/α-hetero) is 1. The minimum atomic E-state index is -4.69. The number of carbonyl (C=O) groups excluding carboxylic acids is 2. The van der Waals surface area contributed by atoms with Gasteiger partial charge in [-0.3, -0.25) is 18.9 Å². The minimum absolute atomic E-state index is 0.0205. The lowest BCUT2D eigenvalue weighted by Gasteiger charge is -2.34. The highest BCUT2D eigenvalue weighted by atomic mass is 32.3. The monoisotopic (exact) mass is 566 g/mol. The van der Waals surface area contributed by atoms with E-state index in [-0.39, 0.29) is 45.8 Å². The summed E-state index contributed by atoms with van der Waals surface area (Å²) in [4.78, 5) is 29.5. The molecule has 1 unspecified atom stereocenters. The van der Waals surface area contributed by atoms with Gasteiger partial charge in [0.05, 0.1) is 22.6 Å². The Balaban J connectivity index is 2.22. The van der Waals surface area contributed by atoms with Gasteiger partial charge in [0, 0.05) is 41.4 Å². The number of alkyl halides is 3. The van der Waals surface area contributed by atoms with Crippen LogP contribution in [0.2, 0.25) is 0 Å². The van der Waals surface area contributed by atoms with E-state index in [4.69, 9.17) is 4.74 Å². The number of alkyl carbamates (subject to hydrolysis) is 1. The Morgan fingerprint density at radius 1 is 1.18 bits per heavy atom. The summed E-state index contributed by atoms with van der Waals surface area (Å²) in [5.41, 5.74) is -1.51. The fourth-order valence-electron chi connectivity index (χ4n) is 4.07. The number of rotatable bonds is 6. The molecule has 1 aliphatic rings. The van der Waals surface area contributed by atoms with Crippen LogP contribution in [0.1, 0.15) is 62.9 Å². The molecule has 1 amide bonds. The van der Waals surface area contributed by atoms with Gasteiger partial charge in [0.15, 0.2) is 5.78 Å². The minimum Gasteiger partial charge on any atom is -0.444 e. The third kappa shape index (κ3) is 7.72. The van der Waals surface area contributed by atoms with E-state index >= 15 is 0 Å². The highest BCUT2D eigenvalue weighted by molar-refractivity contribution is 8.23. The van der Waals surface area contributed by atoms with Crippen LogP contribution in [0.25, 0.3) is 0 Å². The van der Waals surface area contributed by atoms with Gasteiger partial charge in [0.2, 0.25) is 0 Å². The number of ether oxygens (including phenoxy) is 1. The second-order valence-corrected chi connectivity index (χ2v) is 12.1. The van der Waals surface area contributed by atoms with Gasteiger partial charge in [-0.25, -0.2) is 4.79 Å². The number of nitrogens with zero attached hydrogens (tertiary/aromatic N) is 2. The van der Waals surface area contributed by atoms with Crippen LogP contribution in [-0.4, -0.2) is 37.8 Å². The number of hydrogen-bond donors (Lipinski definition) is 4. The van der Waals surface area contributed by atoms with Gasteiger partial charge in [0.1, 0.15) is 11.3 Å². The lowest BCUT2D eigenvalue weighted by molar-refractivity contribution is -0.141. The zero-order valence-corrected chi connectivity index (χ0v) is 22.5. The summed E-state index contributed by atoms with van der Waals surface area (Å²) in [7, 11) is -3.47. The van der Waals surface area contributed by atoms with Crippen LogP contribution in [0.3, 0.4) is 0 Å². The molecule has 0 spiro atoms. The van der Waals surface area contributed by atoms with Crippen LogP contribution >= 0.6 is 10.6 Å². The smallest absolute Gasteiger partial charge is 0.433 e. The number of anilines is 1. The van der Waals surface area contributed by atoms with Crippen molar-refractivity contribution in [3.05, 3.63) is 64.6 Å². The number of benzene rings is 1. The summed E-state index contributed by atoms with van der Waals surface area (Å²) in [6.07, 6.45) is -2.74. The maximum Gasteiger partial charge on any atom is 0.433 e. The van der Waals surface area contributed by atoms with E-state index in [2.05, 4.69) is 15.6 Å². The molecule has 0 saturated carbocycles. The Labute approximate surface area is 225 Å². The van der Waals surface area contributed by atoms with Gasteiger partial charge in [-0.2, -0.15) is 29.0 Å². The van der Waals surface area contributed by atoms with Crippen molar-refractivity contribution in [1.82, 2.24) is 10.3 Å². The van der Waals surface area contributed by atoms with Crippen LogP contribution in [0.4, 0.5) is 23.7 Å². The predicted molar refractivity (Wildman–Crippen MR) is 139 cm³/mol. The molecule has 0 bridgehead atoms. The first-order valence-electron chi connectivity index (χ1n) is 11.8. The first-order chi connectivity index (χ1) is 18.0. The van der Waals surface area contributed by atoms with Crippen molar-refractivity contribution in [2.45, 2.75) is 62.7 Å². The molecule has 1 aromatic carbocycles. The predicted octanol–water partition coefficient (Wildman–Crippen LogP) is 6.40. The molecule has 0 fully saturated rings. The molecule has 39 heavy (non-hydrogen) atoms.